The van der Waals surface area contributed by atoms with Crippen molar-refractivity contribution in [3.05, 3.63) is 42.5 Å². The van der Waals surface area contributed by atoms with Gasteiger partial charge in [0, 0.05) is 19.2 Å². The summed E-state index contributed by atoms with van der Waals surface area (Å²) in [6.07, 6.45) is 8.54. The number of amides is 1. The molecule has 0 aliphatic heterocycles. The van der Waals surface area contributed by atoms with Crippen LogP contribution < -0.4 is 4.90 Å². The number of hydrogen-bond donors (Lipinski definition) is 0. The van der Waals surface area contributed by atoms with Crippen molar-refractivity contribution >= 4 is 11.6 Å². The monoisotopic (exact) mass is 229 g/mol. The van der Waals surface area contributed by atoms with Crippen LogP contribution in [0.5, 0.6) is 0 Å². The van der Waals surface area contributed by atoms with Gasteiger partial charge in [-0.3, -0.25) is 4.79 Å². The summed E-state index contributed by atoms with van der Waals surface area (Å²) in [5.41, 5.74) is 0.970. The van der Waals surface area contributed by atoms with E-state index in [1.807, 2.05) is 37.4 Å². The smallest absolute Gasteiger partial charge is 0.227 e. The second-order valence-corrected chi connectivity index (χ2v) is 4.61. The van der Waals surface area contributed by atoms with Crippen molar-refractivity contribution < 1.29 is 4.79 Å². The lowest BCUT2D eigenvalue weighted by Crippen LogP contribution is -2.28. The Labute approximate surface area is 103 Å². The number of carbonyl (C=O) groups is 1. The second-order valence-electron chi connectivity index (χ2n) is 4.61. The number of nitrogens with zero attached hydrogens (tertiary/aromatic N) is 1. The highest BCUT2D eigenvalue weighted by molar-refractivity contribution is 5.92. The van der Waals surface area contributed by atoms with Crippen LogP contribution in [0.25, 0.3) is 0 Å². The number of allylic oxidation sites excluding steroid dienone is 2. The molecule has 2 heteroatoms. The molecule has 0 N–H and O–H groups in total. The minimum absolute atomic E-state index is 0.202. The topological polar surface area (TPSA) is 20.3 Å². The van der Waals surface area contributed by atoms with Crippen molar-refractivity contribution in [1.29, 1.82) is 0 Å². The lowest BCUT2D eigenvalue weighted by molar-refractivity contribution is -0.119. The summed E-state index contributed by atoms with van der Waals surface area (Å²) < 4.78 is 0. The van der Waals surface area contributed by atoms with Crippen molar-refractivity contribution in [3.8, 4) is 0 Å². The molecule has 1 aliphatic rings. The summed E-state index contributed by atoms with van der Waals surface area (Å²) in [7, 11) is 1.85. The summed E-state index contributed by atoms with van der Waals surface area (Å²) in [5, 5.41) is 0. The number of hydrogen-bond acceptors (Lipinski definition) is 1. The first-order chi connectivity index (χ1) is 8.27. The normalized spacial score (nSPS) is 19.0. The third kappa shape index (κ3) is 3.19. The molecule has 0 fully saturated rings. The van der Waals surface area contributed by atoms with Crippen LogP contribution in [0, 0.1) is 5.92 Å². The fourth-order valence-electron chi connectivity index (χ4n) is 2.21. The fraction of sp³-hybridized carbons (Fsp3) is 0.400. The predicted octanol–water partition coefficient (Wildman–Crippen LogP) is 3.40. The van der Waals surface area contributed by atoms with Crippen molar-refractivity contribution in [1.82, 2.24) is 0 Å². The molecule has 1 amide bonds. The lowest BCUT2D eigenvalue weighted by Gasteiger charge is -2.21. The first kappa shape index (κ1) is 11.9. The van der Waals surface area contributed by atoms with Gasteiger partial charge in [0.2, 0.25) is 5.91 Å². The molecule has 0 bridgehead atoms. The molecule has 1 aliphatic carbocycles. The molecule has 1 aromatic rings. The number of benzene rings is 1. The van der Waals surface area contributed by atoms with Crippen molar-refractivity contribution in [2.45, 2.75) is 25.7 Å². The van der Waals surface area contributed by atoms with Crippen LogP contribution in [0.1, 0.15) is 25.7 Å². The number of para-hydroxylation sites is 1. The Hall–Kier alpha value is -1.57. The molecular weight excluding hydrogens is 210 g/mol. The van der Waals surface area contributed by atoms with Crippen LogP contribution in [0.4, 0.5) is 5.69 Å². The summed E-state index contributed by atoms with van der Waals surface area (Å²) in [5.74, 6) is 0.634. The zero-order chi connectivity index (χ0) is 12.1. The standard InChI is InChI=1S/C15H19NO/c1-16(14-10-6-3-7-11-14)15(17)12-13-8-4-2-5-9-13/h3-4,6-8,10-11,13H,2,5,9,12H2,1H3. The Balaban J connectivity index is 1.95. The summed E-state index contributed by atoms with van der Waals surface area (Å²) in [6, 6.07) is 9.81. The van der Waals surface area contributed by atoms with Gasteiger partial charge in [0.1, 0.15) is 0 Å². The maximum absolute atomic E-state index is 12.1. The van der Waals surface area contributed by atoms with Crippen LogP contribution >= 0.6 is 0 Å². The van der Waals surface area contributed by atoms with Gasteiger partial charge in [0.25, 0.3) is 0 Å². The number of carbonyl (C=O) groups excluding carboxylic acids is 1. The van der Waals surface area contributed by atoms with E-state index in [-0.39, 0.29) is 5.91 Å². The van der Waals surface area contributed by atoms with E-state index in [9.17, 15) is 4.79 Å². The predicted molar refractivity (Wildman–Crippen MR) is 71.0 cm³/mol. The quantitative estimate of drug-likeness (QED) is 0.727. The first-order valence-electron chi connectivity index (χ1n) is 6.25. The van der Waals surface area contributed by atoms with E-state index in [1.165, 1.54) is 12.8 Å². The molecule has 1 aromatic carbocycles. The third-order valence-electron chi connectivity index (χ3n) is 3.31. The van der Waals surface area contributed by atoms with Crippen molar-refractivity contribution in [3.63, 3.8) is 0 Å². The van der Waals surface area contributed by atoms with Crippen LogP contribution in [0.3, 0.4) is 0 Å². The van der Waals surface area contributed by atoms with E-state index in [1.54, 1.807) is 4.90 Å². The van der Waals surface area contributed by atoms with Crippen molar-refractivity contribution in [2.75, 3.05) is 11.9 Å². The maximum atomic E-state index is 12.1. The van der Waals surface area contributed by atoms with Gasteiger partial charge in [0.15, 0.2) is 0 Å². The Morgan fingerprint density at radius 3 is 2.76 bits per heavy atom. The highest BCUT2D eigenvalue weighted by Crippen LogP contribution is 2.22. The van der Waals surface area contributed by atoms with Crippen LogP contribution in [-0.2, 0) is 4.79 Å². The van der Waals surface area contributed by atoms with Gasteiger partial charge in [-0.15, -0.1) is 0 Å². The molecule has 0 saturated heterocycles. The van der Waals surface area contributed by atoms with E-state index < -0.39 is 0 Å². The highest BCUT2D eigenvalue weighted by atomic mass is 16.2. The highest BCUT2D eigenvalue weighted by Gasteiger charge is 2.16. The second kappa shape index (κ2) is 5.67. The molecule has 0 heterocycles. The van der Waals surface area contributed by atoms with Crippen molar-refractivity contribution in [2.24, 2.45) is 5.92 Å². The van der Waals surface area contributed by atoms with E-state index in [0.29, 0.717) is 12.3 Å². The molecule has 17 heavy (non-hydrogen) atoms. The van der Waals surface area contributed by atoms with Crippen LogP contribution in [0.2, 0.25) is 0 Å². The van der Waals surface area contributed by atoms with Gasteiger partial charge in [-0.2, -0.15) is 0 Å². The molecule has 0 aromatic heterocycles. The van der Waals surface area contributed by atoms with Gasteiger partial charge in [0.05, 0.1) is 0 Å². The van der Waals surface area contributed by atoms with E-state index in [2.05, 4.69) is 12.2 Å². The summed E-state index contributed by atoms with van der Waals surface area (Å²) in [6.45, 7) is 0. The van der Waals surface area contributed by atoms with Gasteiger partial charge in [-0.1, -0.05) is 30.4 Å². The Kier molecular flexibility index (Phi) is 3.97. The van der Waals surface area contributed by atoms with Gasteiger partial charge < -0.3 is 4.90 Å². The summed E-state index contributed by atoms with van der Waals surface area (Å²) >= 11 is 0. The molecule has 0 radical (unpaired) electrons. The first-order valence-corrected chi connectivity index (χ1v) is 6.25. The zero-order valence-electron chi connectivity index (χ0n) is 10.3. The Morgan fingerprint density at radius 1 is 1.35 bits per heavy atom. The Morgan fingerprint density at radius 2 is 2.12 bits per heavy atom. The molecule has 1 atom stereocenters. The molecular formula is C15H19NO. The minimum atomic E-state index is 0.202. The minimum Gasteiger partial charge on any atom is -0.315 e. The van der Waals surface area contributed by atoms with E-state index in [4.69, 9.17) is 0 Å². The molecule has 90 valence electrons. The molecule has 0 spiro atoms. The van der Waals surface area contributed by atoms with Gasteiger partial charge >= 0.3 is 0 Å². The molecule has 2 rings (SSSR count). The van der Waals surface area contributed by atoms with E-state index >= 15 is 0 Å². The maximum Gasteiger partial charge on any atom is 0.227 e. The molecule has 1 unspecified atom stereocenters. The summed E-state index contributed by atoms with van der Waals surface area (Å²) in [4.78, 5) is 13.9. The largest absolute Gasteiger partial charge is 0.315 e. The Bertz CT molecular complexity index is 397. The lowest BCUT2D eigenvalue weighted by atomic mass is 9.92. The SMILES string of the molecule is CN(C(=O)CC1C=CCCC1)c1ccccc1. The molecule has 0 saturated carbocycles. The van der Waals surface area contributed by atoms with E-state index in [0.717, 1.165) is 12.1 Å². The van der Waals surface area contributed by atoms with Crippen LogP contribution in [-0.4, -0.2) is 13.0 Å². The number of rotatable bonds is 3. The fourth-order valence-corrected chi connectivity index (χ4v) is 2.21. The van der Waals surface area contributed by atoms with Gasteiger partial charge in [-0.05, 0) is 37.3 Å². The number of anilines is 1. The average molecular weight is 229 g/mol. The van der Waals surface area contributed by atoms with Crippen LogP contribution in [0.15, 0.2) is 42.5 Å². The van der Waals surface area contributed by atoms with Gasteiger partial charge in [-0.25, -0.2) is 0 Å². The third-order valence-corrected chi connectivity index (χ3v) is 3.31. The molecule has 2 nitrogen and oxygen atoms in total. The zero-order valence-corrected chi connectivity index (χ0v) is 10.3. The average Bonchev–Trinajstić information content (AvgIpc) is 2.40.